The topological polar surface area (TPSA) is 103 Å². The summed E-state index contributed by atoms with van der Waals surface area (Å²) < 4.78 is 86.8. The molecule has 0 aromatic heterocycles. The molecule has 0 spiro atoms. The van der Waals surface area contributed by atoms with Crippen LogP contribution in [0.1, 0.15) is 50.5 Å². The van der Waals surface area contributed by atoms with E-state index in [4.69, 9.17) is 14.2 Å². The van der Waals surface area contributed by atoms with E-state index in [0.29, 0.717) is 43.4 Å². The maximum absolute atomic E-state index is 13.0. The molecule has 1 aliphatic carbocycles. The average molecular weight is 537 g/mol. The maximum atomic E-state index is 13.0. The van der Waals surface area contributed by atoms with Crippen LogP contribution >= 0.6 is 0 Å². The van der Waals surface area contributed by atoms with Gasteiger partial charge in [0, 0.05) is 17.6 Å². The van der Waals surface area contributed by atoms with Crippen molar-refractivity contribution in [2.24, 2.45) is 0 Å². The minimum atomic E-state index is -4.82. The second kappa shape index (κ2) is 10.6. The smallest absolute Gasteiger partial charge is 0.490 e. The van der Waals surface area contributed by atoms with Crippen molar-refractivity contribution in [1.29, 1.82) is 0 Å². The van der Waals surface area contributed by atoms with Crippen LogP contribution < -0.4 is 14.2 Å². The monoisotopic (exact) mass is 536 g/mol. The first-order chi connectivity index (χ1) is 16.9. The quantitative estimate of drug-likeness (QED) is 0.630. The van der Waals surface area contributed by atoms with Gasteiger partial charge in [0.05, 0.1) is 25.0 Å². The lowest BCUT2D eigenvalue weighted by Gasteiger charge is -2.34. The predicted molar refractivity (Wildman–Crippen MR) is 122 cm³/mol. The number of carbonyl (C=O) groups excluding carboxylic acids is 1. The number of hydrogen-bond acceptors (Lipinski definition) is 7. The molecule has 4 bridgehead atoms. The minimum Gasteiger partial charge on any atom is -0.490 e. The van der Waals surface area contributed by atoms with Crippen molar-refractivity contribution in [3.8, 4) is 11.5 Å². The number of rotatable bonds is 3. The van der Waals surface area contributed by atoms with Gasteiger partial charge >= 0.3 is 12.5 Å². The fraction of sp³-hybridized carbons (Fsp3) is 0.696. The van der Waals surface area contributed by atoms with Crippen LogP contribution in [0.15, 0.2) is 18.2 Å². The zero-order valence-corrected chi connectivity index (χ0v) is 20.9. The van der Waals surface area contributed by atoms with Crippen molar-refractivity contribution >= 4 is 16.1 Å². The third kappa shape index (κ3) is 6.74. The van der Waals surface area contributed by atoms with E-state index in [0.717, 1.165) is 6.26 Å². The molecule has 1 saturated carbocycles. The second-order valence-corrected chi connectivity index (χ2v) is 11.4. The first-order valence-electron chi connectivity index (χ1n) is 12.0. The van der Waals surface area contributed by atoms with Crippen molar-refractivity contribution in [2.45, 2.75) is 75.5 Å². The molecule has 1 aromatic rings. The fourth-order valence-corrected chi connectivity index (χ4v) is 6.17. The highest BCUT2D eigenvalue weighted by Gasteiger charge is 2.44. The van der Waals surface area contributed by atoms with E-state index in [1.165, 1.54) is 17.0 Å². The van der Waals surface area contributed by atoms with Gasteiger partial charge in [-0.05, 0) is 63.1 Å². The van der Waals surface area contributed by atoms with Crippen molar-refractivity contribution < 1.29 is 45.3 Å². The number of halogens is 3. The van der Waals surface area contributed by atoms with Gasteiger partial charge in [0.1, 0.15) is 24.7 Å². The molecule has 13 heteroatoms. The Labute approximate surface area is 208 Å². The van der Waals surface area contributed by atoms with E-state index < -0.39 is 34.6 Å². The Kier molecular flexibility index (Phi) is 7.91. The number of hydrogen-bond donors (Lipinski definition) is 1. The zero-order valence-electron chi connectivity index (χ0n) is 20.1. The summed E-state index contributed by atoms with van der Waals surface area (Å²) in [4.78, 5) is 14.4. The summed E-state index contributed by atoms with van der Waals surface area (Å²) >= 11 is 0. The molecule has 3 heterocycles. The molecule has 202 valence electrons. The van der Waals surface area contributed by atoms with E-state index in [9.17, 15) is 26.4 Å². The van der Waals surface area contributed by atoms with Crippen LogP contribution in [-0.4, -0.2) is 76.1 Å². The normalized spacial score (nSPS) is 29.9. The van der Waals surface area contributed by atoms with E-state index in [1.807, 2.05) is 6.92 Å². The number of amides is 1. The summed E-state index contributed by atoms with van der Waals surface area (Å²) in [7, 11) is -3.52. The van der Waals surface area contributed by atoms with Gasteiger partial charge in [-0.3, -0.25) is 4.90 Å². The zero-order chi connectivity index (χ0) is 26.1. The average Bonchev–Trinajstić information content (AvgIpc) is 3.07. The number of nitrogens with zero attached hydrogens (tertiary/aromatic N) is 1. The van der Waals surface area contributed by atoms with Crippen molar-refractivity contribution in [3.05, 3.63) is 23.8 Å². The summed E-state index contributed by atoms with van der Waals surface area (Å²) in [5, 5.41) is 0. The molecule has 3 atom stereocenters. The third-order valence-electron chi connectivity index (χ3n) is 6.87. The van der Waals surface area contributed by atoms with Crippen molar-refractivity contribution in [3.63, 3.8) is 0 Å². The number of carbonyl (C=O) groups is 1. The number of sulfonamides is 1. The highest BCUT2D eigenvalue weighted by molar-refractivity contribution is 7.88. The SMILES string of the molecule is C[C@@H]1C[C@H](NS(C)(=O)=O)[C@@H]2COC3CCC(CC3)c3cc(ccc3OC(F)(F)F)OCCOC(=O)N12. The minimum absolute atomic E-state index is 0.00813. The van der Waals surface area contributed by atoms with Crippen LogP contribution in [0.2, 0.25) is 0 Å². The Morgan fingerprint density at radius 3 is 2.47 bits per heavy atom. The van der Waals surface area contributed by atoms with Gasteiger partial charge < -0.3 is 18.9 Å². The molecule has 4 aliphatic rings. The summed E-state index contributed by atoms with van der Waals surface area (Å²) in [5.41, 5.74) is 0.417. The molecule has 3 aliphatic heterocycles. The van der Waals surface area contributed by atoms with Gasteiger partial charge in [-0.25, -0.2) is 17.9 Å². The van der Waals surface area contributed by atoms with Gasteiger partial charge in [-0.1, -0.05) is 0 Å². The number of fused-ring (bicyclic) bond motifs is 7. The standard InChI is InChI=1S/C23H31F3N2O7S/c1-14-11-19(27-36(2,30)31)20-13-34-16-5-3-15(4-6-16)18-12-17(7-8-21(18)35-23(24,25)26)32-9-10-33-22(29)28(14)20/h7-8,12,14-16,19-20,27H,3-6,9-11,13H2,1-2H3/t14-,15?,16?,19+,20+/m1/s1. The van der Waals surface area contributed by atoms with E-state index in [2.05, 4.69) is 9.46 Å². The van der Waals surface area contributed by atoms with E-state index in [-0.39, 0.29) is 43.6 Å². The van der Waals surface area contributed by atoms with Gasteiger partial charge in [0.15, 0.2) is 0 Å². The first-order valence-corrected chi connectivity index (χ1v) is 13.9. The van der Waals surface area contributed by atoms with Crippen LogP contribution in [0.25, 0.3) is 0 Å². The molecule has 1 aromatic carbocycles. The Bertz CT molecular complexity index is 1040. The molecule has 1 N–H and O–H groups in total. The maximum Gasteiger partial charge on any atom is 0.573 e. The largest absolute Gasteiger partial charge is 0.573 e. The van der Waals surface area contributed by atoms with Gasteiger partial charge in [-0.2, -0.15) is 0 Å². The number of ether oxygens (including phenoxy) is 4. The van der Waals surface area contributed by atoms with Gasteiger partial charge in [0.25, 0.3) is 0 Å². The molecule has 0 radical (unpaired) electrons. The van der Waals surface area contributed by atoms with E-state index in [1.54, 1.807) is 6.07 Å². The fourth-order valence-electron chi connectivity index (χ4n) is 5.36. The predicted octanol–water partition coefficient (Wildman–Crippen LogP) is 3.54. The highest BCUT2D eigenvalue weighted by Crippen LogP contribution is 2.42. The molecule has 1 saturated heterocycles. The molecule has 0 unspecified atom stereocenters. The summed E-state index contributed by atoms with van der Waals surface area (Å²) in [6, 6.07) is 2.83. The van der Waals surface area contributed by atoms with Gasteiger partial charge in [-0.15, -0.1) is 13.2 Å². The summed E-state index contributed by atoms with van der Waals surface area (Å²) in [6.07, 6.45) is -1.76. The lowest BCUT2D eigenvalue weighted by molar-refractivity contribution is -0.275. The Balaban J connectivity index is 1.56. The third-order valence-corrected chi connectivity index (χ3v) is 7.60. The summed E-state index contributed by atoms with van der Waals surface area (Å²) in [6.45, 7) is 1.83. The van der Waals surface area contributed by atoms with Crippen LogP contribution in [0, 0.1) is 0 Å². The van der Waals surface area contributed by atoms with E-state index >= 15 is 0 Å². The van der Waals surface area contributed by atoms with Crippen LogP contribution in [0.5, 0.6) is 11.5 Å². The molecule has 5 rings (SSSR count). The number of alkyl halides is 3. The Morgan fingerprint density at radius 1 is 1.11 bits per heavy atom. The highest BCUT2D eigenvalue weighted by atomic mass is 32.2. The van der Waals surface area contributed by atoms with Crippen LogP contribution in [0.3, 0.4) is 0 Å². The lowest BCUT2D eigenvalue weighted by Crippen LogP contribution is -2.50. The second-order valence-electron chi connectivity index (χ2n) is 9.57. The lowest BCUT2D eigenvalue weighted by atomic mass is 9.82. The molecule has 36 heavy (non-hydrogen) atoms. The van der Waals surface area contributed by atoms with Crippen LogP contribution in [0.4, 0.5) is 18.0 Å². The Morgan fingerprint density at radius 2 is 1.81 bits per heavy atom. The molecular formula is C23H31F3N2O7S. The molecule has 2 fully saturated rings. The number of benzene rings is 1. The summed E-state index contributed by atoms with van der Waals surface area (Å²) in [5.74, 6) is -0.0675. The first kappa shape index (κ1) is 26.8. The molecular weight excluding hydrogens is 505 g/mol. The van der Waals surface area contributed by atoms with Crippen LogP contribution in [-0.2, 0) is 19.5 Å². The van der Waals surface area contributed by atoms with Crippen molar-refractivity contribution in [2.75, 3.05) is 26.1 Å². The van der Waals surface area contributed by atoms with Crippen molar-refractivity contribution in [1.82, 2.24) is 9.62 Å². The van der Waals surface area contributed by atoms with Gasteiger partial charge in [0.2, 0.25) is 10.0 Å². The molecule has 1 amide bonds. The number of nitrogens with one attached hydrogen (secondary N) is 1. The Hall–Kier alpha value is -2.25. The molecule has 9 nitrogen and oxygen atoms in total.